The fourth-order valence-electron chi connectivity index (χ4n) is 2.28. The van der Waals surface area contributed by atoms with Gasteiger partial charge in [0.2, 0.25) is 0 Å². The number of aromatic amines is 2. The first-order valence-corrected chi connectivity index (χ1v) is 7.47. The molecule has 3 aromatic rings. The van der Waals surface area contributed by atoms with Gasteiger partial charge in [0.1, 0.15) is 0 Å². The molecule has 0 aliphatic heterocycles. The summed E-state index contributed by atoms with van der Waals surface area (Å²) < 4.78 is 38.6. The van der Waals surface area contributed by atoms with Crippen LogP contribution in [-0.2, 0) is 6.18 Å². The third-order valence-corrected chi connectivity index (χ3v) is 3.84. The van der Waals surface area contributed by atoms with E-state index < -0.39 is 33.8 Å². The van der Waals surface area contributed by atoms with Gasteiger partial charge < -0.3 is 15.3 Å². The van der Waals surface area contributed by atoms with Crippen molar-refractivity contribution in [1.82, 2.24) is 9.97 Å². The number of rotatable bonds is 2. The van der Waals surface area contributed by atoms with Crippen LogP contribution in [0.1, 0.15) is 15.9 Å². The van der Waals surface area contributed by atoms with Gasteiger partial charge in [-0.15, -0.1) is 0 Å². The van der Waals surface area contributed by atoms with Crippen LogP contribution in [0.3, 0.4) is 0 Å². The molecule has 0 saturated carbocycles. The third kappa shape index (κ3) is 3.47. The zero-order valence-electron chi connectivity index (χ0n) is 12.7. The van der Waals surface area contributed by atoms with Gasteiger partial charge in [0.05, 0.1) is 21.6 Å². The molecule has 0 atom stereocenters. The van der Waals surface area contributed by atoms with Crippen LogP contribution in [0.4, 0.5) is 18.9 Å². The zero-order valence-corrected chi connectivity index (χ0v) is 13.5. The van der Waals surface area contributed by atoms with E-state index in [1.54, 1.807) is 0 Å². The second kappa shape index (κ2) is 6.34. The molecular formula is C16H9ClF3N3O3. The summed E-state index contributed by atoms with van der Waals surface area (Å²) in [5.41, 5.74) is -2.31. The van der Waals surface area contributed by atoms with Crippen LogP contribution in [-0.4, -0.2) is 15.9 Å². The number of H-pyrrole nitrogens is 2. The molecule has 0 aliphatic carbocycles. The van der Waals surface area contributed by atoms with Gasteiger partial charge in [-0.2, -0.15) is 13.2 Å². The van der Waals surface area contributed by atoms with Crippen molar-refractivity contribution in [3.05, 3.63) is 73.3 Å². The normalized spacial score (nSPS) is 11.5. The molecule has 1 heterocycles. The number of nitrogens with one attached hydrogen (secondary N) is 3. The topological polar surface area (TPSA) is 94.8 Å². The standard InChI is InChI=1S/C16H9ClF3N3O3/c17-10-3-2-8(6-9(10)16(18,19)20)21-13(24)7-1-4-11-12(5-7)23-15(26)14(25)22-11/h1-6H,(H,21,24)(H,22,25)(H,23,26). The number of fused-ring (bicyclic) bond motifs is 1. The summed E-state index contributed by atoms with van der Waals surface area (Å²) in [5.74, 6) is -0.700. The van der Waals surface area contributed by atoms with E-state index >= 15 is 0 Å². The average molecular weight is 384 g/mol. The number of anilines is 1. The van der Waals surface area contributed by atoms with Crippen molar-refractivity contribution in [2.45, 2.75) is 6.18 Å². The maximum atomic E-state index is 12.9. The number of carbonyl (C=O) groups is 1. The van der Waals surface area contributed by atoms with E-state index in [4.69, 9.17) is 11.6 Å². The molecule has 26 heavy (non-hydrogen) atoms. The Kier molecular flexibility index (Phi) is 4.33. The fraction of sp³-hybridized carbons (Fsp3) is 0.0625. The largest absolute Gasteiger partial charge is 0.417 e. The predicted molar refractivity (Wildman–Crippen MR) is 89.6 cm³/mol. The number of hydrogen-bond donors (Lipinski definition) is 3. The molecule has 0 radical (unpaired) electrons. The third-order valence-electron chi connectivity index (χ3n) is 3.51. The lowest BCUT2D eigenvalue weighted by molar-refractivity contribution is -0.137. The Morgan fingerprint density at radius 1 is 0.962 bits per heavy atom. The Balaban J connectivity index is 1.93. The van der Waals surface area contributed by atoms with E-state index in [-0.39, 0.29) is 16.8 Å². The molecule has 1 amide bonds. The van der Waals surface area contributed by atoms with Crippen molar-refractivity contribution in [2.75, 3.05) is 5.32 Å². The predicted octanol–water partition coefficient (Wildman–Crippen LogP) is 3.14. The van der Waals surface area contributed by atoms with Crippen LogP contribution in [0.2, 0.25) is 5.02 Å². The Morgan fingerprint density at radius 2 is 1.62 bits per heavy atom. The first-order valence-electron chi connectivity index (χ1n) is 7.09. The van der Waals surface area contributed by atoms with Crippen LogP contribution in [0, 0.1) is 0 Å². The van der Waals surface area contributed by atoms with Crippen molar-refractivity contribution in [3.8, 4) is 0 Å². The highest BCUT2D eigenvalue weighted by molar-refractivity contribution is 6.31. The van der Waals surface area contributed by atoms with Gasteiger partial charge in [-0.25, -0.2) is 0 Å². The molecule has 0 unspecified atom stereocenters. The molecule has 1 aromatic heterocycles. The van der Waals surface area contributed by atoms with E-state index in [0.29, 0.717) is 5.52 Å². The zero-order chi connectivity index (χ0) is 19.1. The number of aromatic nitrogens is 2. The number of benzene rings is 2. The highest BCUT2D eigenvalue weighted by Gasteiger charge is 2.33. The number of alkyl halides is 3. The van der Waals surface area contributed by atoms with E-state index in [1.807, 2.05) is 0 Å². The van der Waals surface area contributed by atoms with E-state index in [0.717, 1.165) is 12.1 Å². The molecular weight excluding hydrogens is 375 g/mol. The Hall–Kier alpha value is -3.07. The summed E-state index contributed by atoms with van der Waals surface area (Å²) >= 11 is 5.53. The second-order valence-electron chi connectivity index (χ2n) is 5.32. The first-order chi connectivity index (χ1) is 12.1. The van der Waals surface area contributed by atoms with Crippen LogP contribution in [0.15, 0.2) is 46.0 Å². The molecule has 0 fully saturated rings. The van der Waals surface area contributed by atoms with Gasteiger partial charge in [-0.1, -0.05) is 11.6 Å². The van der Waals surface area contributed by atoms with Gasteiger partial charge in [-0.3, -0.25) is 14.4 Å². The van der Waals surface area contributed by atoms with Crippen molar-refractivity contribution >= 4 is 34.2 Å². The number of amides is 1. The van der Waals surface area contributed by atoms with Crippen molar-refractivity contribution in [1.29, 1.82) is 0 Å². The summed E-state index contributed by atoms with van der Waals surface area (Å²) in [5, 5.41) is 1.84. The molecule has 0 aliphatic rings. The summed E-state index contributed by atoms with van der Waals surface area (Å²) in [6.45, 7) is 0. The molecule has 2 aromatic carbocycles. The Bertz CT molecular complexity index is 1140. The fourth-order valence-corrected chi connectivity index (χ4v) is 2.50. The SMILES string of the molecule is O=C(Nc1ccc(Cl)c(C(F)(F)F)c1)c1ccc2[nH]c(=O)c(=O)[nH]c2c1. The molecule has 0 saturated heterocycles. The van der Waals surface area contributed by atoms with E-state index in [9.17, 15) is 27.6 Å². The van der Waals surface area contributed by atoms with Gasteiger partial charge in [0.15, 0.2) is 0 Å². The first kappa shape index (κ1) is 17.7. The van der Waals surface area contributed by atoms with Gasteiger partial charge >= 0.3 is 17.3 Å². The lowest BCUT2D eigenvalue weighted by Crippen LogP contribution is -2.29. The minimum Gasteiger partial charge on any atom is -0.322 e. The number of halogens is 4. The monoisotopic (exact) mass is 383 g/mol. The Morgan fingerprint density at radius 3 is 2.27 bits per heavy atom. The highest BCUT2D eigenvalue weighted by Crippen LogP contribution is 2.36. The highest BCUT2D eigenvalue weighted by atomic mass is 35.5. The Labute approximate surface area is 147 Å². The molecule has 3 N–H and O–H groups in total. The van der Waals surface area contributed by atoms with Crippen LogP contribution >= 0.6 is 11.6 Å². The average Bonchev–Trinajstić information content (AvgIpc) is 2.56. The maximum absolute atomic E-state index is 12.9. The number of hydrogen-bond acceptors (Lipinski definition) is 3. The lowest BCUT2D eigenvalue weighted by atomic mass is 10.1. The van der Waals surface area contributed by atoms with Crippen molar-refractivity contribution in [3.63, 3.8) is 0 Å². The van der Waals surface area contributed by atoms with Crippen LogP contribution in [0.25, 0.3) is 11.0 Å². The molecule has 6 nitrogen and oxygen atoms in total. The summed E-state index contributed by atoms with van der Waals surface area (Å²) in [6, 6.07) is 7.03. The van der Waals surface area contributed by atoms with Crippen molar-refractivity contribution in [2.24, 2.45) is 0 Å². The smallest absolute Gasteiger partial charge is 0.322 e. The quantitative estimate of drug-likeness (QED) is 0.593. The summed E-state index contributed by atoms with van der Waals surface area (Å²) in [4.78, 5) is 39.5. The minimum atomic E-state index is -4.66. The van der Waals surface area contributed by atoms with Crippen LogP contribution in [0.5, 0.6) is 0 Å². The minimum absolute atomic E-state index is 0.0729. The van der Waals surface area contributed by atoms with Crippen molar-refractivity contribution < 1.29 is 18.0 Å². The van der Waals surface area contributed by atoms with Gasteiger partial charge in [0.25, 0.3) is 5.91 Å². The summed E-state index contributed by atoms with van der Waals surface area (Å²) in [6.07, 6.45) is -4.66. The molecule has 0 bridgehead atoms. The summed E-state index contributed by atoms with van der Waals surface area (Å²) in [7, 11) is 0. The molecule has 3 rings (SSSR count). The molecule has 134 valence electrons. The molecule has 10 heteroatoms. The number of carbonyl (C=O) groups excluding carboxylic acids is 1. The van der Waals surface area contributed by atoms with Gasteiger partial charge in [0, 0.05) is 11.3 Å². The van der Waals surface area contributed by atoms with Crippen LogP contribution < -0.4 is 16.4 Å². The maximum Gasteiger partial charge on any atom is 0.417 e. The lowest BCUT2D eigenvalue weighted by Gasteiger charge is -2.12. The van der Waals surface area contributed by atoms with Gasteiger partial charge in [-0.05, 0) is 36.4 Å². The molecule has 0 spiro atoms. The van der Waals surface area contributed by atoms with E-state index in [2.05, 4.69) is 15.3 Å². The van der Waals surface area contributed by atoms with E-state index in [1.165, 1.54) is 24.3 Å². The second-order valence-corrected chi connectivity index (χ2v) is 5.72.